The average Bonchev–Trinajstić information content (AvgIpc) is 3.16. The van der Waals surface area contributed by atoms with Gasteiger partial charge < -0.3 is 0 Å². The molecule has 2 unspecified atom stereocenters. The number of carbonyl (C=O) groups excluding carboxylic acids is 2. The highest BCUT2D eigenvalue weighted by Crippen LogP contribution is 2.31. The SMILES string of the molecule is CC1CN(C2CCCCC2)C2=[N+](C1)C1C(=O)N(Cc3ccc(Cl)cc3Cl)C(=O)N(C)C1=N2. The molecule has 0 bridgehead atoms. The third-order valence-corrected chi connectivity index (χ3v) is 7.61. The Morgan fingerprint density at radius 3 is 2.62 bits per heavy atom. The Morgan fingerprint density at radius 2 is 1.91 bits per heavy atom. The molecule has 2 atom stereocenters. The van der Waals surface area contributed by atoms with Crippen molar-refractivity contribution in [2.24, 2.45) is 10.9 Å². The van der Waals surface area contributed by atoms with Crippen LogP contribution in [0.5, 0.6) is 0 Å². The summed E-state index contributed by atoms with van der Waals surface area (Å²) < 4.78 is 2.11. The number of imide groups is 1. The van der Waals surface area contributed by atoms with Crippen LogP contribution in [0.4, 0.5) is 4.79 Å². The fraction of sp³-hybridized carbons (Fsp3) is 0.565. The molecule has 0 N–H and O–H groups in total. The highest BCUT2D eigenvalue weighted by molar-refractivity contribution is 6.35. The standard InChI is InChI=1S/C23H28Cl2N5O2/c1-14-11-28(17-6-4-3-5-7-17)22-26-20-19(29(22)12-14)21(31)30(23(32)27(20)2)13-15-8-9-16(24)10-18(15)25/h8-10,14,17,19H,3-7,11-13H2,1-2H3/q+1. The van der Waals surface area contributed by atoms with Crippen molar-refractivity contribution >= 4 is 46.9 Å². The van der Waals surface area contributed by atoms with E-state index in [9.17, 15) is 9.59 Å². The number of amides is 3. The van der Waals surface area contributed by atoms with Gasteiger partial charge in [0.2, 0.25) is 11.9 Å². The van der Waals surface area contributed by atoms with E-state index < -0.39 is 6.04 Å². The number of hydrogen-bond acceptors (Lipinski definition) is 4. The lowest BCUT2D eigenvalue weighted by Crippen LogP contribution is -2.63. The number of urea groups is 1. The van der Waals surface area contributed by atoms with Gasteiger partial charge in [-0.1, -0.05) is 60.4 Å². The molecule has 170 valence electrons. The van der Waals surface area contributed by atoms with Gasteiger partial charge in [-0.05, 0) is 30.5 Å². The first-order valence-corrected chi connectivity index (χ1v) is 12.1. The molecule has 1 saturated carbocycles. The monoisotopic (exact) mass is 476 g/mol. The molecule has 1 aliphatic carbocycles. The van der Waals surface area contributed by atoms with Crippen LogP contribution in [0.2, 0.25) is 10.0 Å². The van der Waals surface area contributed by atoms with E-state index in [0.717, 1.165) is 31.9 Å². The molecule has 4 aliphatic rings. The highest BCUT2D eigenvalue weighted by atomic mass is 35.5. The summed E-state index contributed by atoms with van der Waals surface area (Å²) in [6, 6.07) is 4.60. The summed E-state index contributed by atoms with van der Waals surface area (Å²) in [5, 5.41) is 0.954. The van der Waals surface area contributed by atoms with Crippen molar-refractivity contribution in [2.45, 2.75) is 57.7 Å². The van der Waals surface area contributed by atoms with Gasteiger partial charge in [0.1, 0.15) is 0 Å². The molecule has 3 aliphatic heterocycles. The summed E-state index contributed by atoms with van der Waals surface area (Å²) in [7, 11) is 1.70. The number of amidine groups is 1. The number of carbonyl (C=O) groups is 2. The van der Waals surface area contributed by atoms with Gasteiger partial charge in [-0.15, -0.1) is 0 Å². The van der Waals surface area contributed by atoms with Crippen molar-refractivity contribution in [3.63, 3.8) is 0 Å². The lowest BCUT2D eigenvalue weighted by atomic mass is 9.93. The molecule has 1 saturated heterocycles. The van der Waals surface area contributed by atoms with Crippen LogP contribution in [0.3, 0.4) is 0 Å². The van der Waals surface area contributed by atoms with Crippen molar-refractivity contribution in [3.05, 3.63) is 33.8 Å². The van der Waals surface area contributed by atoms with Crippen molar-refractivity contribution in [1.29, 1.82) is 0 Å². The molecule has 2 fully saturated rings. The van der Waals surface area contributed by atoms with Crippen LogP contribution in [-0.4, -0.2) is 75.2 Å². The number of halogens is 2. The molecule has 32 heavy (non-hydrogen) atoms. The number of rotatable bonds is 3. The van der Waals surface area contributed by atoms with E-state index in [4.69, 9.17) is 28.2 Å². The molecule has 0 radical (unpaired) electrons. The van der Waals surface area contributed by atoms with Crippen LogP contribution in [0.25, 0.3) is 0 Å². The van der Waals surface area contributed by atoms with Gasteiger partial charge in [0, 0.05) is 23.0 Å². The number of hydrogen-bond donors (Lipinski definition) is 0. The number of benzene rings is 1. The molecule has 0 spiro atoms. The van der Waals surface area contributed by atoms with Crippen LogP contribution in [0.15, 0.2) is 23.2 Å². The van der Waals surface area contributed by atoms with Gasteiger partial charge in [0.25, 0.3) is 5.91 Å². The van der Waals surface area contributed by atoms with E-state index in [1.54, 1.807) is 25.2 Å². The molecular formula is C23H28Cl2N5O2+. The van der Waals surface area contributed by atoms with Crippen LogP contribution in [0.1, 0.15) is 44.6 Å². The minimum atomic E-state index is -0.576. The van der Waals surface area contributed by atoms with Crippen molar-refractivity contribution in [1.82, 2.24) is 14.7 Å². The first-order valence-electron chi connectivity index (χ1n) is 11.4. The minimum Gasteiger partial charge on any atom is -0.270 e. The minimum absolute atomic E-state index is 0.104. The second-order valence-corrected chi connectivity index (χ2v) is 10.2. The Balaban J connectivity index is 1.48. The average molecular weight is 477 g/mol. The smallest absolute Gasteiger partial charge is 0.270 e. The Labute approximate surface area is 198 Å². The van der Waals surface area contributed by atoms with Crippen molar-refractivity contribution in [3.8, 4) is 0 Å². The maximum absolute atomic E-state index is 13.6. The summed E-state index contributed by atoms with van der Waals surface area (Å²) in [6.45, 7) is 4.01. The molecule has 1 aromatic carbocycles. The lowest BCUT2D eigenvalue weighted by Gasteiger charge is -2.37. The summed E-state index contributed by atoms with van der Waals surface area (Å²) in [5.74, 6) is 1.55. The normalized spacial score (nSPS) is 26.5. The van der Waals surface area contributed by atoms with Gasteiger partial charge in [0.15, 0.2) is 0 Å². The second-order valence-electron chi connectivity index (χ2n) is 9.38. The third-order valence-electron chi connectivity index (χ3n) is 7.02. The van der Waals surface area contributed by atoms with Crippen LogP contribution in [-0.2, 0) is 11.3 Å². The van der Waals surface area contributed by atoms with Crippen molar-refractivity contribution in [2.75, 3.05) is 20.1 Å². The third kappa shape index (κ3) is 3.59. The van der Waals surface area contributed by atoms with Gasteiger partial charge in [-0.25, -0.2) is 9.37 Å². The molecular weight excluding hydrogens is 449 g/mol. The lowest BCUT2D eigenvalue weighted by molar-refractivity contribution is -0.552. The Morgan fingerprint density at radius 1 is 1.16 bits per heavy atom. The van der Waals surface area contributed by atoms with E-state index in [1.807, 2.05) is 0 Å². The summed E-state index contributed by atoms with van der Waals surface area (Å²) in [5.41, 5.74) is 0.685. The summed E-state index contributed by atoms with van der Waals surface area (Å²) >= 11 is 12.3. The number of nitrogens with zero attached hydrogens (tertiary/aromatic N) is 5. The first-order chi connectivity index (χ1) is 15.3. The quantitative estimate of drug-likeness (QED) is 0.622. The zero-order valence-corrected chi connectivity index (χ0v) is 19.9. The molecule has 1 aromatic rings. The Kier molecular flexibility index (Phi) is 5.66. The topological polar surface area (TPSA) is 59.2 Å². The Bertz CT molecular complexity index is 1030. The molecule has 3 amide bonds. The predicted molar refractivity (Wildman–Crippen MR) is 124 cm³/mol. The molecule has 7 nitrogen and oxygen atoms in total. The van der Waals surface area contributed by atoms with Crippen LogP contribution in [0, 0.1) is 5.92 Å². The molecule has 5 rings (SSSR count). The zero-order chi connectivity index (χ0) is 22.6. The van der Waals surface area contributed by atoms with Gasteiger partial charge in [0.05, 0.1) is 25.7 Å². The van der Waals surface area contributed by atoms with E-state index in [2.05, 4.69) is 16.4 Å². The zero-order valence-electron chi connectivity index (χ0n) is 18.4. The second kappa shape index (κ2) is 8.34. The van der Waals surface area contributed by atoms with Crippen molar-refractivity contribution < 1.29 is 14.2 Å². The number of fused-ring (bicyclic) bond motifs is 2. The molecule has 9 heteroatoms. The van der Waals surface area contributed by atoms with E-state index in [-0.39, 0.29) is 18.5 Å². The van der Waals surface area contributed by atoms with Gasteiger partial charge >= 0.3 is 12.0 Å². The fourth-order valence-electron chi connectivity index (χ4n) is 5.40. The predicted octanol–water partition coefficient (Wildman–Crippen LogP) is 3.82. The maximum atomic E-state index is 13.6. The van der Waals surface area contributed by atoms with Crippen LogP contribution < -0.4 is 0 Å². The molecule has 0 aromatic heterocycles. The Hall–Kier alpha value is -2.12. The first kappa shape index (κ1) is 21.7. The number of guanidine groups is 1. The van der Waals surface area contributed by atoms with E-state index in [0.29, 0.717) is 33.4 Å². The van der Waals surface area contributed by atoms with Gasteiger partial charge in [-0.2, -0.15) is 0 Å². The summed E-state index contributed by atoms with van der Waals surface area (Å²) in [6.07, 6.45) is 6.06. The molecule has 3 heterocycles. The number of aliphatic imine (C=N–C) groups is 1. The van der Waals surface area contributed by atoms with Crippen LogP contribution >= 0.6 is 23.2 Å². The summed E-state index contributed by atoms with van der Waals surface area (Å²) in [4.78, 5) is 36.9. The van der Waals surface area contributed by atoms with E-state index in [1.165, 1.54) is 29.1 Å². The number of likely N-dealkylation sites (N-methyl/N-ethyl adjacent to an activating group) is 1. The van der Waals surface area contributed by atoms with E-state index >= 15 is 0 Å². The largest absolute Gasteiger partial charge is 0.392 e. The van der Waals surface area contributed by atoms with Gasteiger partial charge in [-0.3, -0.25) is 19.5 Å². The maximum Gasteiger partial charge on any atom is 0.392 e. The fourth-order valence-corrected chi connectivity index (χ4v) is 5.87. The highest BCUT2D eigenvalue weighted by Gasteiger charge is 2.55.